The van der Waals surface area contributed by atoms with Crippen LogP contribution in [0.3, 0.4) is 0 Å². The van der Waals surface area contributed by atoms with Gasteiger partial charge in [-0.3, -0.25) is 19.7 Å². The van der Waals surface area contributed by atoms with Gasteiger partial charge < -0.3 is 5.32 Å². The van der Waals surface area contributed by atoms with E-state index in [1.54, 1.807) is 36.4 Å². The highest BCUT2D eigenvalue weighted by Gasteiger charge is 2.30. The van der Waals surface area contributed by atoms with Crippen molar-refractivity contribution in [1.29, 1.82) is 5.26 Å². The zero-order chi connectivity index (χ0) is 17.8. The molecular formula is C19H15N3O3. The summed E-state index contributed by atoms with van der Waals surface area (Å²) in [4.78, 5) is 35.0. The Labute approximate surface area is 144 Å². The normalized spacial score (nSPS) is 16.2. The van der Waals surface area contributed by atoms with Crippen LogP contribution in [0.5, 0.6) is 0 Å². The van der Waals surface area contributed by atoms with Gasteiger partial charge in [0.25, 0.3) is 5.91 Å². The van der Waals surface area contributed by atoms with Crippen molar-refractivity contribution in [3.05, 3.63) is 65.2 Å². The van der Waals surface area contributed by atoms with Gasteiger partial charge in [0.1, 0.15) is 0 Å². The molecular weight excluding hydrogens is 318 g/mol. The second kappa shape index (κ2) is 6.97. The molecule has 1 saturated heterocycles. The molecule has 124 valence electrons. The number of carbonyl (C=O) groups excluding carboxylic acids is 3. The zero-order valence-corrected chi connectivity index (χ0v) is 13.3. The molecule has 0 aliphatic carbocycles. The van der Waals surface area contributed by atoms with Crippen molar-refractivity contribution < 1.29 is 14.4 Å². The van der Waals surface area contributed by atoms with Gasteiger partial charge in [0.15, 0.2) is 0 Å². The third kappa shape index (κ3) is 3.90. The number of nitrogens with one attached hydrogen (secondary N) is 2. The topological polar surface area (TPSA) is 99.1 Å². The average Bonchev–Trinajstić information content (AvgIpc) is 2.94. The van der Waals surface area contributed by atoms with Crippen molar-refractivity contribution in [1.82, 2.24) is 5.32 Å². The zero-order valence-electron chi connectivity index (χ0n) is 13.3. The third-order valence-corrected chi connectivity index (χ3v) is 4.04. The number of nitrogens with zero attached hydrogens (tertiary/aromatic N) is 1. The van der Waals surface area contributed by atoms with Crippen molar-refractivity contribution >= 4 is 23.4 Å². The van der Waals surface area contributed by atoms with Crippen LogP contribution in [0, 0.1) is 17.2 Å². The maximum absolute atomic E-state index is 12.2. The Kier molecular flexibility index (Phi) is 4.57. The SMILES string of the molecule is N#Cc1ccc(C(=O)Nc2ccc(C[C@@H]3CC(=O)NC3=O)cc2)cc1. The summed E-state index contributed by atoms with van der Waals surface area (Å²) in [5, 5.41) is 13.8. The van der Waals surface area contributed by atoms with Crippen LogP contribution in [-0.2, 0) is 16.0 Å². The Hall–Kier alpha value is -3.46. The van der Waals surface area contributed by atoms with Crippen molar-refractivity contribution in [2.45, 2.75) is 12.8 Å². The summed E-state index contributed by atoms with van der Waals surface area (Å²) in [6, 6.07) is 15.5. The van der Waals surface area contributed by atoms with Gasteiger partial charge >= 0.3 is 0 Å². The van der Waals surface area contributed by atoms with Crippen LogP contribution >= 0.6 is 0 Å². The Morgan fingerprint density at radius 2 is 1.80 bits per heavy atom. The molecule has 0 unspecified atom stereocenters. The van der Waals surface area contributed by atoms with Crippen LogP contribution in [0.2, 0.25) is 0 Å². The van der Waals surface area contributed by atoms with Crippen molar-refractivity contribution in [3.63, 3.8) is 0 Å². The van der Waals surface area contributed by atoms with E-state index < -0.39 is 0 Å². The van der Waals surface area contributed by atoms with Gasteiger partial charge in [-0.25, -0.2) is 0 Å². The molecule has 2 aromatic rings. The fourth-order valence-electron chi connectivity index (χ4n) is 2.68. The van der Waals surface area contributed by atoms with Crippen molar-refractivity contribution in [3.8, 4) is 6.07 Å². The molecule has 0 aromatic heterocycles. The predicted octanol–water partition coefficient (Wildman–Crippen LogP) is 2.02. The quantitative estimate of drug-likeness (QED) is 0.836. The van der Waals surface area contributed by atoms with E-state index in [1.807, 2.05) is 18.2 Å². The summed E-state index contributed by atoms with van der Waals surface area (Å²) >= 11 is 0. The van der Waals surface area contributed by atoms with E-state index >= 15 is 0 Å². The summed E-state index contributed by atoms with van der Waals surface area (Å²) in [6.45, 7) is 0. The summed E-state index contributed by atoms with van der Waals surface area (Å²) in [5.41, 5.74) is 2.51. The first-order valence-electron chi connectivity index (χ1n) is 7.79. The minimum Gasteiger partial charge on any atom is -0.322 e. The fraction of sp³-hybridized carbons (Fsp3) is 0.158. The molecule has 2 aromatic carbocycles. The molecule has 1 aliphatic rings. The van der Waals surface area contributed by atoms with Gasteiger partial charge in [-0.15, -0.1) is 0 Å². The second-order valence-corrected chi connectivity index (χ2v) is 5.86. The Morgan fingerprint density at radius 1 is 1.12 bits per heavy atom. The number of nitriles is 1. The number of rotatable bonds is 4. The van der Waals surface area contributed by atoms with Gasteiger partial charge in [0.05, 0.1) is 17.6 Å². The Bertz CT molecular complexity index is 864. The molecule has 0 radical (unpaired) electrons. The molecule has 6 heteroatoms. The van der Waals surface area contributed by atoms with Crippen molar-refractivity contribution in [2.75, 3.05) is 5.32 Å². The molecule has 0 bridgehead atoms. The lowest BCUT2D eigenvalue weighted by Crippen LogP contribution is -2.22. The van der Waals surface area contributed by atoms with E-state index in [0.29, 0.717) is 23.2 Å². The lowest BCUT2D eigenvalue weighted by atomic mass is 9.98. The van der Waals surface area contributed by atoms with Gasteiger partial charge in [-0.05, 0) is 48.4 Å². The molecule has 1 heterocycles. The number of hydrogen-bond acceptors (Lipinski definition) is 4. The Balaban J connectivity index is 1.62. The highest BCUT2D eigenvalue weighted by atomic mass is 16.2. The van der Waals surface area contributed by atoms with E-state index in [2.05, 4.69) is 10.6 Å². The van der Waals surface area contributed by atoms with Crippen LogP contribution in [0.1, 0.15) is 27.9 Å². The molecule has 3 amide bonds. The van der Waals surface area contributed by atoms with Crippen LogP contribution < -0.4 is 10.6 Å². The summed E-state index contributed by atoms with van der Waals surface area (Å²) in [7, 11) is 0. The minimum atomic E-state index is -0.327. The summed E-state index contributed by atoms with van der Waals surface area (Å²) < 4.78 is 0. The van der Waals surface area contributed by atoms with Gasteiger partial charge in [0, 0.05) is 17.7 Å². The minimum absolute atomic E-state index is 0.218. The maximum Gasteiger partial charge on any atom is 0.255 e. The Morgan fingerprint density at radius 3 is 2.36 bits per heavy atom. The summed E-state index contributed by atoms with van der Waals surface area (Å²) in [6.07, 6.45) is 0.706. The third-order valence-electron chi connectivity index (χ3n) is 4.04. The van der Waals surface area contributed by atoms with Crippen molar-refractivity contribution in [2.24, 2.45) is 5.92 Å². The van der Waals surface area contributed by atoms with E-state index in [-0.39, 0.29) is 30.1 Å². The largest absolute Gasteiger partial charge is 0.322 e. The molecule has 6 nitrogen and oxygen atoms in total. The molecule has 3 rings (SSSR count). The van der Waals surface area contributed by atoms with Crippen LogP contribution in [0.4, 0.5) is 5.69 Å². The highest BCUT2D eigenvalue weighted by molar-refractivity contribution is 6.04. The number of imide groups is 1. The first kappa shape index (κ1) is 16.4. The monoisotopic (exact) mass is 333 g/mol. The smallest absolute Gasteiger partial charge is 0.255 e. The maximum atomic E-state index is 12.2. The fourth-order valence-corrected chi connectivity index (χ4v) is 2.68. The van der Waals surface area contributed by atoms with E-state index in [4.69, 9.17) is 5.26 Å². The first-order valence-corrected chi connectivity index (χ1v) is 7.79. The molecule has 2 N–H and O–H groups in total. The predicted molar refractivity (Wildman–Crippen MR) is 90.5 cm³/mol. The van der Waals surface area contributed by atoms with E-state index in [9.17, 15) is 14.4 Å². The average molecular weight is 333 g/mol. The number of benzene rings is 2. The van der Waals surface area contributed by atoms with Crippen LogP contribution in [-0.4, -0.2) is 17.7 Å². The first-order chi connectivity index (χ1) is 12.0. The lowest BCUT2D eigenvalue weighted by Gasteiger charge is -2.08. The highest BCUT2D eigenvalue weighted by Crippen LogP contribution is 2.19. The number of carbonyl (C=O) groups is 3. The van der Waals surface area contributed by atoms with E-state index in [1.165, 1.54) is 0 Å². The second-order valence-electron chi connectivity index (χ2n) is 5.86. The molecule has 0 spiro atoms. The number of amides is 3. The molecule has 1 atom stereocenters. The van der Waals surface area contributed by atoms with Crippen LogP contribution in [0.15, 0.2) is 48.5 Å². The molecule has 0 saturated carbocycles. The van der Waals surface area contributed by atoms with Gasteiger partial charge in [-0.1, -0.05) is 12.1 Å². The standard InChI is InChI=1S/C19H15N3O3/c20-11-13-1-5-14(6-2-13)18(24)21-16-7-3-12(4-8-16)9-15-10-17(23)22-19(15)25/h1-8,15H,9-10H2,(H,21,24)(H,22,23,25)/t15-/m1/s1. The number of anilines is 1. The van der Waals surface area contributed by atoms with E-state index in [0.717, 1.165) is 5.56 Å². The van der Waals surface area contributed by atoms with Gasteiger partial charge in [-0.2, -0.15) is 5.26 Å². The van der Waals surface area contributed by atoms with Gasteiger partial charge in [0.2, 0.25) is 11.8 Å². The lowest BCUT2D eigenvalue weighted by molar-refractivity contribution is -0.125. The molecule has 1 aliphatic heterocycles. The molecule has 1 fully saturated rings. The van der Waals surface area contributed by atoms with Crippen LogP contribution in [0.25, 0.3) is 0 Å². The number of hydrogen-bond donors (Lipinski definition) is 2. The molecule has 25 heavy (non-hydrogen) atoms. The summed E-state index contributed by atoms with van der Waals surface area (Å²) in [5.74, 6) is -1.06.